The van der Waals surface area contributed by atoms with Crippen LogP contribution in [0.3, 0.4) is 0 Å². The summed E-state index contributed by atoms with van der Waals surface area (Å²) in [5, 5.41) is 0.690. The average molecular weight is 368 g/mol. The summed E-state index contributed by atoms with van der Waals surface area (Å²) in [6, 6.07) is 17.8. The molecule has 0 spiro atoms. The summed E-state index contributed by atoms with van der Waals surface area (Å²) in [5.74, 6) is 0.0342. The molecule has 0 aliphatic rings. The van der Waals surface area contributed by atoms with Crippen molar-refractivity contribution in [2.75, 3.05) is 13.6 Å². The fraction of sp³-hybridized carbons (Fsp3) is 0.238. The van der Waals surface area contributed by atoms with E-state index in [0.717, 1.165) is 17.7 Å². The molecule has 1 atom stereocenters. The zero-order chi connectivity index (χ0) is 18.4. The van der Waals surface area contributed by atoms with Gasteiger partial charge < -0.3 is 9.47 Å². The van der Waals surface area contributed by atoms with Gasteiger partial charge in [-0.25, -0.2) is 4.98 Å². The zero-order valence-corrected chi connectivity index (χ0v) is 15.5. The summed E-state index contributed by atoms with van der Waals surface area (Å²) in [6.45, 7) is 1.36. The maximum atomic E-state index is 12.8. The smallest absolute Gasteiger partial charge is 0.223 e. The van der Waals surface area contributed by atoms with Gasteiger partial charge in [0.05, 0.1) is 6.33 Å². The van der Waals surface area contributed by atoms with Gasteiger partial charge in [-0.05, 0) is 17.2 Å². The fourth-order valence-corrected chi connectivity index (χ4v) is 3.26. The molecule has 0 bridgehead atoms. The number of hydrogen-bond acceptors (Lipinski definition) is 2. The van der Waals surface area contributed by atoms with Crippen molar-refractivity contribution in [1.82, 2.24) is 14.5 Å². The highest BCUT2D eigenvalue weighted by Crippen LogP contribution is 2.33. The van der Waals surface area contributed by atoms with E-state index in [4.69, 9.17) is 11.6 Å². The molecule has 0 aliphatic carbocycles. The molecule has 0 N–H and O–H groups in total. The van der Waals surface area contributed by atoms with Crippen molar-refractivity contribution in [1.29, 1.82) is 0 Å². The second-order valence-electron chi connectivity index (χ2n) is 6.30. The van der Waals surface area contributed by atoms with E-state index >= 15 is 0 Å². The second-order valence-corrected chi connectivity index (χ2v) is 6.71. The van der Waals surface area contributed by atoms with Crippen LogP contribution in [0.15, 0.2) is 73.3 Å². The molecular formula is C21H22ClN3O. The van der Waals surface area contributed by atoms with E-state index in [1.165, 1.54) is 0 Å². The predicted molar refractivity (Wildman–Crippen MR) is 104 cm³/mol. The van der Waals surface area contributed by atoms with E-state index in [2.05, 4.69) is 4.98 Å². The molecule has 0 unspecified atom stereocenters. The van der Waals surface area contributed by atoms with Crippen molar-refractivity contribution < 1.29 is 4.79 Å². The molecule has 3 aromatic rings. The number of aromatic nitrogens is 2. The van der Waals surface area contributed by atoms with E-state index in [1.54, 1.807) is 17.4 Å². The Labute approximate surface area is 159 Å². The average Bonchev–Trinajstić information content (AvgIpc) is 3.19. The van der Waals surface area contributed by atoms with Crippen molar-refractivity contribution in [3.63, 3.8) is 0 Å². The second kappa shape index (κ2) is 8.68. The monoisotopic (exact) mass is 367 g/mol. The number of benzene rings is 2. The van der Waals surface area contributed by atoms with Crippen LogP contribution in [-0.4, -0.2) is 34.0 Å². The first-order chi connectivity index (χ1) is 12.6. The van der Waals surface area contributed by atoms with Crippen LogP contribution in [0.25, 0.3) is 0 Å². The van der Waals surface area contributed by atoms with Gasteiger partial charge in [0.2, 0.25) is 5.91 Å². The third kappa shape index (κ3) is 4.52. The Morgan fingerprint density at radius 3 is 2.58 bits per heavy atom. The minimum Gasteiger partial charge on any atom is -0.344 e. The lowest BCUT2D eigenvalue weighted by atomic mass is 9.88. The van der Waals surface area contributed by atoms with Gasteiger partial charge in [0.15, 0.2) is 0 Å². The van der Waals surface area contributed by atoms with Crippen molar-refractivity contribution >= 4 is 17.5 Å². The lowest BCUT2D eigenvalue weighted by molar-refractivity contribution is -0.130. The van der Waals surface area contributed by atoms with Crippen LogP contribution in [0.2, 0.25) is 5.02 Å². The Morgan fingerprint density at radius 1 is 1.15 bits per heavy atom. The van der Waals surface area contributed by atoms with Crippen LogP contribution in [-0.2, 0) is 11.3 Å². The maximum Gasteiger partial charge on any atom is 0.223 e. The highest BCUT2D eigenvalue weighted by Gasteiger charge is 2.22. The quantitative estimate of drug-likeness (QED) is 0.627. The first-order valence-corrected chi connectivity index (χ1v) is 9.02. The number of carbonyl (C=O) groups excluding carboxylic acids is 1. The summed E-state index contributed by atoms with van der Waals surface area (Å²) >= 11 is 6.43. The maximum absolute atomic E-state index is 12.8. The molecule has 0 saturated heterocycles. The lowest BCUT2D eigenvalue weighted by Crippen LogP contribution is -2.31. The third-order valence-corrected chi connectivity index (χ3v) is 4.88. The van der Waals surface area contributed by atoms with Gasteiger partial charge in [-0.3, -0.25) is 4.79 Å². The standard InChI is InChI=1S/C21H22ClN3O/c1-24(13-14-25-12-11-23-16-25)21(26)15-19(17-7-3-2-4-8-17)18-9-5-6-10-20(18)22/h2-12,16,19H,13-15H2,1H3/t19-/m1/s1. The number of amides is 1. The van der Waals surface area contributed by atoms with Crippen LogP contribution in [0.4, 0.5) is 0 Å². The summed E-state index contributed by atoms with van der Waals surface area (Å²) in [5.41, 5.74) is 2.08. The van der Waals surface area contributed by atoms with Gasteiger partial charge in [0.1, 0.15) is 0 Å². The largest absolute Gasteiger partial charge is 0.344 e. The third-order valence-electron chi connectivity index (χ3n) is 4.54. The summed E-state index contributed by atoms with van der Waals surface area (Å²) in [6.07, 6.45) is 5.78. The van der Waals surface area contributed by atoms with Crippen LogP contribution in [0, 0.1) is 0 Å². The van der Waals surface area contributed by atoms with Gasteiger partial charge >= 0.3 is 0 Å². The van der Waals surface area contributed by atoms with E-state index in [0.29, 0.717) is 18.0 Å². The van der Waals surface area contributed by atoms with Gasteiger partial charge in [0.25, 0.3) is 0 Å². The van der Waals surface area contributed by atoms with Crippen LogP contribution >= 0.6 is 11.6 Å². The molecule has 134 valence electrons. The Balaban J connectivity index is 1.75. The fourth-order valence-electron chi connectivity index (χ4n) is 2.99. The molecule has 1 amide bonds. The number of carbonyl (C=O) groups is 1. The van der Waals surface area contributed by atoms with Crippen LogP contribution in [0.1, 0.15) is 23.5 Å². The topological polar surface area (TPSA) is 38.1 Å². The first kappa shape index (κ1) is 18.2. The normalized spacial score (nSPS) is 11.9. The number of imidazole rings is 1. The summed E-state index contributed by atoms with van der Waals surface area (Å²) in [4.78, 5) is 18.6. The molecule has 5 heteroatoms. The molecule has 3 rings (SSSR count). The Bertz CT molecular complexity index is 833. The van der Waals surface area contributed by atoms with Crippen molar-refractivity contribution in [3.05, 3.63) is 89.5 Å². The Kier molecular flexibility index (Phi) is 6.08. The minimum atomic E-state index is -0.0619. The van der Waals surface area contributed by atoms with Gasteiger partial charge in [-0.2, -0.15) is 0 Å². The van der Waals surface area contributed by atoms with E-state index in [1.807, 2.05) is 72.4 Å². The van der Waals surface area contributed by atoms with Gasteiger partial charge in [-0.15, -0.1) is 0 Å². The molecule has 0 aliphatic heterocycles. The molecule has 1 heterocycles. The number of halogens is 1. The molecule has 4 nitrogen and oxygen atoms in total. The van der Waals surface area contributed by atoms with Crippen LogP contribution in [0.5, 0.6) is 0 Å². The molecule has 0 fully saturated rings. The summed E-state index contributed by atoms with van der Waals surface area (Å²) in [7, 11) is 1.84. The zero-order valence-electron chi connectivity index (χ0n) is 14.8. The molecule has 0 radical (unpaired) electrons. The Hall–Kier alpha value is -2.59. The number of rotatable bonds is 7. The van der Waals surface area contributed by atoms with Gasteiger partial charge in [-0.1, -0.05) is 60.1 Å². The highest BCUT2D eigenvalue weighted by atomic mass is 35.5. The summed E-state index contributed by atoms with van der Waals surface area (Å²) < 4.78 is 1.96. The van der Waals surface area contributed by atoms with E-state index < -0.39 is 0 Å². The lowest BCUT2D eigenvalue weighted by Gasteiger charge is -2.23. The predicted octanol–water partition coefficient (Wildman–Crippen LogP) is 4.22. The highest BCUT2D eigenvalue weighted by molar-refractivity contribution is 6.31. The number of likely N-dealkylation sites (N-methyl/N-ethyl adjacent to an activating group) is 1. The minimum absolute atomic E-state index is 0.0619. The first-order valence-electron chi connectivity index (χ1n) is 8.64. The molecule has 0 saturated carbocycles. The molecular weight excluding hydrogens is 346 g/mol. The molecule has 26 heavy (non-hydrogen) atoms. The van der Waals surface area contributed by atoms with Crippen LogP contribution < -0.4 is 0 Å². The Morgan fingerprint density at radius 2 is 1.88 bits per heavy atom. The van der Waals surface area contributed by atoms with Crippen molar-refractivity contribution in [2.45, 2.75) is 18.9 Å². The van der Waals surface area contributed by atoms with E-state index in [9.17, 15) is 4.79 Å². The number of hydrogen-bond donors (Lipinski definition) is 0. The van der Waals surface area contributed by atoms with Crippen molar-refractivity contribution in [2.24, 2.45) is 0 Å². The SMILES string of the molecule is CN(CCn1ccnc1)C(=O)C[C@H](c1ccccc1)c1ccccc1Cl. The van der Waals surface area contributed by atoms with Crippen molar-refractivity contribution in [3.8, 4) is 0 Å². The molecule has 1 aromatic heterocycles. The van der Waals surface area contributed by atoms with E-state index in [-0.39, 0.29) is 11.8 Å². The van der Waals surface area contributed by atoms with Gasteiger partial charge in [0, 0.05) is 49.9 Å². The number of nitrogens with zero attached hydrogens (tertiary/aromatic N) is 3. The molecule has 2 aromatic carbocycles.